The lowest BCUT2D eigenvalue weighted by molar-refractivity contribution is 0.0749. The van der Waals surface area contributed by atoms with Gasteiger partial charge in [0.15, 0.2) is 0 Å². The topological polar surface area (TPSA) is 45.2 Å². The van der Waals surface area contributed by atoms with Gasteiger partial charge in [0.2, 0.25) is 0 Å². The van der Waals surface area contributed by atoms with Crippen LogP contribution in [0.3, 0.4) is 0 Å². The second-order valence-corrected chi connectivity index (χ2v) is 6.54. The third-order valence-corrected chi connectivity index (χ3v) is 4.84. The average molecular weight is 301 g/mol. The molecule has 0 radical (unpaired) electrons. The molecule has 3 rings (SSSR count). The van der Waals surface area contributed by atoms with Crippen molar-refractivity contribution in [3.8, 4) is 11.3 Å². The Morgan fingerprint density at radius 1 is 1.38 bits per heavy atom. The first kappa shape index (κ1) is 14.2. The van der Waals surface area contributed by atoms with Crippen molar-refractivity contribution in [2.75, 3.05) is 20.1 Å². The van der Waals surface area contributed by atoms with Crippen molar-refractivity contribution in [2.45, 2.75) is 19.4 Å². The Morgan fingerprint density at radius 2 is 2.14 bits per heavy atom. The summed E-state index contributed by atoms with van der Waals surface area (Å²) in [5.74, 6) is 0.0770. The molecule has 1 atom stereocenters. The second kappa shape index (κ2) is 5.95. The van der Waals surface area contributed by atoms with Crippen LogP contribution < -0.4 is 5.32 Å². The zero-order valence-corrected chi connectivity index (χ0v) is 13.1. The Balaban J connectivity index is 1.93. The van der Waals surface area contributed by atoms with E-state index in [1.807, 2.05) is 49.2 Å². The van der Waals surface area contributed by atoms with E-state index in [9.17, 15) is 4.79 Å². The first-order chi connectivity index (χ1) is 10.2. The maximum absolute atomic E-state index is 12.8. The van der Waals surface area contributed by atoms with Crippen molar-refractivity contribution in [1.29, 1.82) is 0 Å². The molecule has 1 aromatic heterocycles. The van der Waals surface area contributed by atoms with Crippen molar-refractivity contribution < 1.29 is 4.79 Å². The van der Waals surface area contributed by atoms with E-state index < -0.39 is 0 Å². The van der Waals surface area contributed by atoms with Crippen LogP contribution in [0.4, 0.5) is 0 Å². The summed E-state index contributed by atoms with van der Waals surface area (Å²) in [5, 5.41) is 4.23. The molecule has 1 N–H and O–H groups in total. The summed E-state index contributed by atoms with van der Waals surface area (Å²) in [6.07, 6.45) is 1.01. The highest BCUT2D eigenvalue weighted by molar-refractivity contribution is 7.14. The van der Waals surface area contributed by atoms with Crippen LogP contribution in [0.5, 0.6) is 0 Å². The predicted molar refractivity (Wildman–Crippen MR) is 85.7 cm³/mol. The number of aromatic nitrogens is 1. The maximum Gasteiger partial charge on any atom is 0.266 e. The summed E-state index contributed by atoms with van der Waals surface area (Å²) in [6, 6.07) is 10.2. The minimum absolute atomic E-state index is 0.0770. The lowest BCUT2D eigenvalue weighted by atomic mass is 10.1. The fourth-order valence-corrected chi connectivity index (χ4v) is 3.58. The average Bonchev–Trinajstić information content (AvgIpc) is 3.16. The van der Waals surface area contributed by atoms with Gasteiger partial charge in [0.25, 0.3) is 5.91 Å². The molecule has 1 fully saturated rings. The molecule has 1 aliphatic heterocycles. The van der Waals surface area contributed by atoms with Crippen molar-refractivity contribution in [1.82, 2.24) is 15.2 Å². The lowest BCUT2D eigenvalue weighted by Gasteiger charge is -2.23. The number of aryl methyl sites for hydroxylation is 1. The van der Waals surface area contributed by atoms with Gasteiger partial charge in [-0.2, -0.15) is 0 Å². The highest BCUT2D eigenvalue weighted by Crippen LogP contribution is 2.29. The van der Waals surface area contributed by atoms with Crippen LogP contribution in [0.1, 0.15) is 21.1 Å². The Hall–Kier alpha value is -1.72. The van der Waals surface area contributed by atoms with E-state index in [2.05, 4.69) is 10.3 Å². The fourth-order valence-electron chi connectivity index (χ4n) is 2.66. The third kappa shape index (κ3) is 2.84. The molecule has 0 saturated carbocycles. The van der Waals surface area contributed by atoms with Gasteiger partial charge in [-0.05, 0) is 19.9 Å². The van der Waals surface area contributed by atoms with E-state index in [0.29, 0.717) is 0 Å². The number of hydrogen-bond donors (Lipinski definition) is 1. The summed E-state index contributed by atoms with van der Waals surface area (Å²) in [6.45, 7) is 3.81. The zero-order chi connectivity index (χ0) is 14.8. The molecular formula is C16H19N3OS. The zero-order valence-electron chi connectivity index (χ0n) is 12.3. The minimum Gasteiger partial charge on any atom is -0.337 e. The quantitative estimate of drug-likeness (QED) is 0.947. The van der Waals surface area contributed by atoms with Crippen LogP contribution in [0, 0.1) is 6.92 Å². The largest absolute Gasteiger partial charge is 0.337 e. The standard InChI is InChI=1S/C16H19N3OS/c1-11-18-14(12-6-4-3-5-7-12)15(21-11)16(20)19(2)13-8-9-17-10-13/h3-7,13,17H,8-10H2,1-2H3. The van der Waals surface area contributed by atoms with Gasteiger partial charge in [0.05, 0.1) is 10.7 Å². The number of thiazole rings is 1. The van der Waals surface area contributed by atoms with Crippen molar-refractivity contribution in [2.24, 2.45) is 0 Å². The van der Waals surface area contributed by atoms with E-state index in [1.54, 1.807) is 0 Å². The predicted octanol–water partition coefficient (Wildman–Crippen LogP) is 2.55. The molecule has 0 spiro atoms. The molecule has 5 heteroatoms. The smallest absolute Gasteiger partial charge is 0.266 e. The third-order valence-electron chi connectivity index (χ3n) is 3.88. The second-order valence-electron chi connectivity index (χ2n) is 5.34. The lowest BCUT2D eigenvalue weighted by Crippen LogP contribution is -2.38. The van der Waals surface area contributed by atoms with Gasteiger partial charge in [-0.25, -0.2) is 4.98 Å². The summed E-state index contributed by atoms with van der Waals surface area (Å²) in [7, 11) is 1.89. The first-order valence-corrected chi connectivity index (χ1v) is 7.99. The molecular weight excluding hydrogens is 282 g/mol. The van der Waals surface area contributed by atoms with Crippen molar-refractivity contribution >= 4 is 17.2 Å². The van der Waals surface area contributed by atoms with E-state index >= 15 is 0 Å². The van der Waals surface area contributed by atoms with E-state index in [4.69, 9.17) is 0 Å². The number of likely N-dealkylation sites (N-methyl/N-ethyl adjacent to an activating group) is 1. The van der Waals surface area contributed by atoms with Gasteiger partial charge in [-0.15, -0.1) is 11.3 Å². The monoisotopic (exact) mass is 301 g/mol. The van der Waals surface area contributed by atoms with Crippen LogP contribution in [0.2, 0.25) is 0 Å². The molecule has 110 valence electrons. The van der Waals surface area contributed by atoms with Gasteiger partial charge in [-0.1, -0.05) is 30.3 Å². The molecule has 1 amide bonds. The molecule has 1 aromatic carbocycles. The van der Waals surface area contributed by atoms with Gasteiger partial charge in [0, 0.05) is 25.2 Å². The van der Waals surface area contributed by atoms with E-state index in [-0.39, 0.29) is 11.9 Å². The van der Waals surface area contributed by atoms with E-state index in [1.165, 1.54) is 11.3 Å². The number of nitrogens with zero attached hydrogens (tertiary/aromatic N) is 2. The number of carbonyl (C=O) groups is 1. The normalized spacial score (nSPS) is 17.9. The van der Waals surface area contributed by atoms with E-state index in [0.717, 1.165) is 40.7 Å². The van der Waals surface area contributed by atoms with Crippen molar-refractivity contribution in [3.63, 3.8) is 0 Å². The SMILES string of the molecule is Cc1nc(-c2ccccc2)c(C(=O)N(C)C2CCNC2)s1. The van der Waals surface area contributed by atoms with Gasteiger partial charge < -0.3 is 10.2 Å². The number of nitrogens with one attached hydrogen (secondary N) is 1. The van der Waals surface area contributed by atoms with Gasteiger partial charge in [-0.3, -0.25) is 4.79 Å². The maximum atomic E-state index is 12.8. The van der Waals surface area contributed by atoms with Gasteiger partial charge >= 0.3 is 0 Å². The fraction of sp³-hybridized carbons (Fsp3) is 0.375. The molecule has 1 aliphatic rings. The molecule has 1 unspecified atom stereocenters. The molecule has 1 saturated heterocycles. The molecule has 4 nitrogen and oxygen atoms in total. The van der Waals surface area contributed by atoms with Crippen LogP contribution in [0.25, 0.3) is 11.3 Å². The molecule has 21 heavy (non-hydrogen) atoms. The Kier molecular flexibility index (Phi) is 4.03. The van der Waals surface area contributed by atoms with Crippen LogP contribution in [-0.4, -0.2) is 42.0 Å². The van der Waals surface area contributed by atoms with Gasteiger partial charge in [0.1, 0.15) is 4.88 Å². The Morgan fingerprint density at radius 3 is 2.81 bits per heavy atom. The Labute approximate surface area is 128 Å². The van der Waals surface area contributed by atoms with Crippen LogP contribution in [0.15, 0.2) is 30.3 Å². The summed E-state index contributed by atoms with van der Waals surface area (Å²) < 4.78 is 0. The molecule has 2 heterocycles. The first-order valence-electron chi connectivity index (χ1n) is 7.17. The Bertz CT molecular complexity index is 632. The van der Waals surface area contributed by atoms with Crippen LogP contribution in [-0.2, 0) is 0 Å². The molecule has 0 bridgehead atoms. The number of hydrogen-bond acceptors (Lipinski definition) is 4. The highest BCUT2D eigenvalue weighted by Gasteiger charge is 2.27. The minimum atomic E-state index is 0.0770. The summed E-state index contributed by atoms with van der Waals surface area (Å²) in [5.41, 5.74) is 1.81. The molecule has 0 aliphatic carbocycles. The highest BCUT2D eigenvalue weighted by atomic mass is 32.1. The van der Waals surface area contributed by atoms with Crippen LogP contribution >= 0.6 is 11.3 Å². The summed E-state index contributed by atoms with van der Waals surface area (Å²) >= 11 is 1.48. The number of benzene rings is 1. The number of rotatable bonds is 3. The summed E-state index contributed by atoms with van der Waals surface area (Å²) in [4.78, 5) is 20.0. The number of carbonyl (C=O) groups excluding carboxylic acids is 1. The number of amides is 1. The molecule has 2 aromatic rings. The van der Waals surface area contributed by atoms with Crippen molar-refractivity contribution in [3.05, 3.63) is 40.2 Å².